The van der Waals surface area contributed by atoms with Crippen LogP contribution in [0.4, 0.5) is 34.1 Å². The Bertz CT molecular complexity index is 1400. The summed E-state index contributed by atoms with van der Waals surface area (Å²) in [5.41, 5.74) is 8.29. The van der Waals surface area contributed by atoms with Crippen LogP contribution < -0.4 is 9.80 Å². The van der Waals surface area contributed by atoms with Crippen LogP contribution in [0.1, 0.15) is 5.56 Å². The summed E-state index contributed by atoms with van der Waals surface area (Å²) in [7, 11) is 0. The second-order valence-electron chi connectivity index (χ2n) is 9.19. The molecule has 0 unspecified atom stereocenters. The van der Waals surface area contributed by atoms with Crippen molar-refractivity contribution >= 4 is 34.1 Å². The number of benzene rings is 6. The third kappa shape index (κ3) is 6.63. The molecule has 0 aliphatic rings. The molecule has 2 heteroatoms. The normalized spacial score (nSPS) is 10.2. The van der Waals surface area contributed by atoms with E-state index in [4.69, 9.17) is 0 Å². The van der Waals surface area contributed by atoms with Gasteiger partial charge in [-0.2, -0.15) is 0 Å². The average molecular weight is 505 g/mol. The Morgan fingerprint density at radius 1 is 0.282 bits per heavy atom. The Balaban J connectivity index is 0.000000158. The summed E-state index contributed by atoms with van der Waals surface area (Å²) >= 11 is 0. The highest BCUT2D eigenvalue weighted by Gasteiger charge is 2.12. The van der Waals surface area contributed by atoms with Gasteiger partial charge in [-0.05, 0) is 85.3 Å². The van der Waals surface area contributed by atoms with E-state index in [0.717, 1.165) is 0 Å². The molecular formula is C37H32N2. The maximum absolute atomic E-state index is 2.27. The van der Waals surface area contributed by atoms with Crippen LogP contribution in [0.15, 0.2) is 176 Å². The van der Waals surface area contributed by atoms with Gasteiger partial charge in [0.05, 0.1) is 0 Å². The highest BCUT2D eigenvalue weighted by atomic mass is 15.1. The minimum Gasteiger partial charge on any atom is -0.311 e. The monoisotopic (exact) mass is 504 g/mol. The molecule has 0 aliphatic carbocycles. The van der Waals surface area contributed by atoms with E-state index in [2.05, 4.69) is 162 Å². The van der Waals surface area contributed by atoms with E-state index in [1.165, 1.54) is 39.7 Å². The van der Waals surface area contributed by atoms with Crippen molar-refractivity contribution in [1.29, 1.82) is 0 Å². The number of nitrogens with zero attached hydrogens (tertiary/aromatic N) is 2. The molecule has 0 fully saturated rings. The fourth-order valence-corrected chi connectivity index (χ4v) is 4.55. The summed E-state index contributed by atoms with van der Waals surface area (Å²) in [6.45, 7) is 2.12. The molecule has 0 aliphatic heterocycles. The molecule has 0 saturated carbocycles. The zero-order valence-corrected chi connectivity index (χ0v) is 22.1. The van der Waals surface area contributed by atoms with Crippen molar-refractivity contribution in [3.8, 4) is 0 Å². The van der Waals surface area contributed by atoms with Crippen LogP contribution in [0.5, 0.6) is 0 Å². The van der Waals surface area contributed by atoms with Gasteiger partial charge in [0.1, 0.15) is 0 Å². The molecule has 6 rings (SSSR count). The maximum Gasteiger partial charge on any atom is 0.0464 e. The molecule has 0 amide bonds. The van der Waals surface area contributed by atoms with E-state index >= 15 is 0 Å². The van der Waals surface area contributed by atoms with Crippen molar-refractivity contribution in [2.24, 2.45) is 0 Å². The van der Waals surface area contributed by atoms with Gasteiger partial charge >= 0.3 is 0 Å². The Morgan fingerprint density at radius 3 is 0.821 bits per heavy atom. The number of para-hydroxylation sites is 5. The molecule has 6 aromatic rings. The number of hydrogen-bond acceptors (Lipinski definition) is 2. The molecule has 0 radical (unpaired) electrons. The van der Waals surface area contributed by atoms with Gasteiger partial charge in [-0.3, -0.25) is 0 Å². The van der Waals surface area contributed by atoms with Crippen LogP contribution in [-0.2, 0) is 0 Å². The summed E-state index contributed by atoms with van der Waals surface area (Å²) in [4.78, 5) is 4.52. The smallest absolute Gasteiger partial charge is 0.0464 e. The molecule has 0 N–H and O–H groups in total. The second kappa shape index (κ2) is 12.9. The van der Waals surface area contributed by atoms with E-state index < -0.39 is 0 Å². The van der Waals surface area contributed by atoms with Crippen LogP contribution in [0.2, 0.25) is 0 Å². The van der Waals surface area contributed by atoms with Crippen molar-refractivity contribution < 1.29 is 0 Å². The fourth-order valence-electron chi connectivity index (χ4n) is 4.55. The molecule has 39 heavy (non-hydrogen) atoms. The molecule has 0 bridgehead atoms. The second-order valence-corrected chi connectivity index (χ2v) is 9.19. The first-order valence-corrected chi connectivity index (χ1v) is 13.2. The SMILES string of the molecule is Cc1cccc(N(c2ccccc2)c2ccccc2)c1.c1ccc(N(c2ccccc2)c2ccccc2)cc1. The third-order valence-electron chi connectivity index (χ3n) is 6.33. The predicted molar refractivity (Wildman–Crippen MR) is 167 cm³/mol. The van der Waals surface area contributed by atoms with Gasteiger partial charge in [-0.1, -0.05) is 103 Å². The molecule has 6 aromatic carbocycles. The van der Waals surface area contributed by atoms with Crippen molar-refractivity contribution in [3.05, 3.63) is 181 Å². The quantitative estimate of drug-likeness (QED) is 0.222. The first kappa shape index (κ1) is 25.6. The Kier molecular flexibility index (Phi) is 8.48. The predicted octanol–water partition coefficient (Wildman–Crippen LogP) is 10.6. The number of rotatable bonds is 6. The summed E-state index contributed by atoms with van der Waals surface area (Å²) < 4.78 is 0. The van der Waals surface area contributed by atoms with Crippen molar-refractivity contribution in [2.75, 3.05) is 9.80 Å². The minimum atomic E-state index is 1.17. The number of aryl methyl sites for hydroxylation is 1. The maximum atomic E-state index is 2.27. The van der Waals surface area contributed by atoms with Crippen molar-refractivity contribution in [3.63, 3.8) is 0 Å². The zero-order chi connectivity index (χ0) is 26.7. The highest BCUT2D eigenvalue weighted by Crippen LogP contribution is 2.35. The minimum absolute atomic E-state index is 1.17. The van der Waals surface area contributed by atoms with Gasteiger partial charge in [0.15, 0.2) is 0 Å². The van der Waals surface area contributed by atoms with Crippen LogP contribution in [-0.4, -0.2) is 0 Å². The van der Waals surface area contributed by atoms with Crippen LogP contribution in [0, 0.1) is 6.92 Å². The van der Waals surface area contributed by atoms with E-state index in [1.807, 2.05) is 30.3 Å². The Morgan fingerprint density at radius 2 is 0.538 bits per heavy atom. The summed E-state index contributed by atoms with van der Waals surface area (Å²) in [5.74, 6) is 0. The summed E-state index contributed by atoms with van der Waals surface area (Å²) in [5, 5.41) is 0. The first-order chi connectivity index (χ1) is 19.3. The van der Waals surface area contributed by atoms with E-state index in [9.17, 15) is 0 Å². The molecule has 0 spiro atoms. The lowest BCUT2D eigenvalue weighted by atomic mass is 10.1. The lowest BCUT2D eigenvalue weighted by molar-refractivity contribution is 1.27. The van der Waals surface area contributed by atoms with E-state index in [1.54, 1.807) is 0 Å². The van der Waals surface area contributed by atoms with Crippen LogP contribution in [0.3, 0.4) is 0 Å². The lowest BCUT2D eigenvalue weighted by Gasteiger charge is -2.25. The molecule has 2 nitrogen and oxygen atoms in total. The summed E-state index contributed by atoms with van der Waals surface area (Å²) in [6.07, 6.45) is 0. The van der Waals surface area contributed by atoms with Gasteiger partial charge in [0, 0.05) is 34.1 Å². The van der Waals surface area contributed by atoms with Crippen LogP contribution >= 0.6 is 0 Å². The molecule has 0 heterocycles. The standard InChI is InChI=1S/C19H17N.C18H15N/c1-16-9-8-14-19(15-16)20(17-10-4-2-5-11-17)18-12-6-3-7-13-18;1-4-10-16(11-5-1)19(17-12-6-2-7-13-17)18-14-8-3-9-15-18/h2-15H,1H3;1-15H. The van der Waals surface area contributed by atoms with Gasteiger partial charge in [0.25, 0.3) is 0 Å². The largest absolute Gasteiger partial charge is 0.311 e. The Labute approximate surface area is 232 Å². The van der Waals surface area contributed by atoms with Gasteiger partial charge in [0.2, 0.25) is 0 Å². The highest BCUT2D eigenvalue weighted by molar-refractivity contribution is 5.77. The fraction of sp³-hybridized carbons (Fsp3) is 0.0270. The Hall–Kier alpha value is -5.08. The molecular weight excluding hydrogens is 472 g/mol. The van der Waals surface area contributed by atoms with Crippen molar-refractivity contribution in [1.82, 2.24) is 0 Å². The van der Waals surface area contributed by atoms with E-state index in [0.29, 0.717) is 0 Å². The molecule has 0 atom stereocenters. The summed E-state index contributed by atoms with van der Waals surface area (Å²) in [6, 6.07) is 60.7. The molecule has 190 valence electrons. The zero-order valence-electron chi connectivity index (χ0n) is 22.1. The van der Waals surface area contributed by atoms with Gasteiger partial charge < -0.3 is 9.80 Å². The van der Waals surface area contributed by atoms with Crippen molar-refractivity contribution in [2.45, 2.75) is 6.92 Å². The number of anilines is 6. The average Bonchev–Trinajstić information content (AvgIpc) is 3.01. The molecule has 0 saturated heterocycles. The molecule has 0 aromatic heterocycles. The lowest BCUT2D eigenvalue weighted by Crippen LogP contribution is -2.09. The first-order valence-electron chi connectivity index (χ1n) is 13.2. The number of hydrogen-bond donors (Lipinski definition) is 0. The third-order valence-corrected chi connectivity index (χ3v) is 6.33. The topological polar surface area (TPSA) is 6.48 Å². The van der Waals surface area contributed by atoms with Crippen LogP contribution in [0.25, 0.3) is 0 Å². The van der Waals surface area contributed by atoms with E-state index in [-0.39, 0.29) is 0 Å². The van der Waals surface area contributed by atoms with Gasteiger partial charge in [-0.25, -0.2) is 0 Å². The van der Waals surface area contributed by atoms with Gasteiger partial charge in [-0.15, -0.1) is 0 Å².